The normalized spacial score (nSPS) is 13.3. The highest BCUT2D eigenvalue weighted by atomic mass is 79.9. The van der Waals surface area contributed by atoms with E-state index in [1.165, 1.54) is 6.42 Å². The summed E-state index contributed by atoms with van der Waals surface area (Å²) in [6.45, 7) is 4.96. The lowest BCUT2D eigenvalue weighted by atomic mass is 9.48. The molecule has 0 amide bonds. The number of nitrogens with two attached hydrogens (primary N) is 1. The monoisotopic (exact) mass is 191 g/mol. The summed E-state index contributed by atoms with van der Waals surface area (Å²) in [5.74, 6) is 0.391. The maximum Gasteiger partial charge on any atom is 0.153 e. The molecule has 0 aromatic heterocycles. The summed E-state index contributed by atoms with van der Waals surface area (Å²) < 4.78 is 0. The standard InChI is InChI=1S/C6H15BBrN/c1-7(2)6(9)4-3-5-8/h6H,3-5,9H2,1-2H3. The summed E-state index contributed by atoms with van der Waals surface area (Å²) in [6.07, 6.45) is 2.34. The van der Waals surface area contributed by atoms with Crippen LogP contribution in [0.2, 0.25) is 13.6 Å². The fraction of sp³-hybridized carbons (Fsp3) is 1.00. The number of hydrogen-bond acceptors (Lipinski definition) is 1. The molecule has 0 aliphatic rings. The maximum absolute atomic E-state index is 5.78. The van der Waals surface area contributed by atoms with E-state index < -0.39 is 0 Å². The molecular weight excluding hydrogens is 177 g/mol. The van der Waals surface area contributed by atoms with Gasteiger partial charge in [0.05, 0.1) is 0 Å². The van der Waals surface area contributed by atoms with Crippen LogP contribution in [-0.2, 0) is 0 Å². The predicted octanol–water partition coefficient (Wildman–Crippen LogP) is 1.78. The minimum absolute atomic E-state index is 0.391. The van der Waals surface area contributed by atoms with Crippen LogP contribution in [0.1, 0.15) is 12.8 Å². The van der Waals surface area contributed by atoms with Gasteiger partial charge in [-0.25, -0.2) is 0 Å². The van der Waals surface area contributed by atoms with E-state index in [9.17, 15) is 0 Å². The highest BCUT2D eigenvalue weighted by Crippen LogP contribution is 2.00. The molecule has 0 aliphatic carbocycles. The van der Waals surface area contributed by atoms with Crippen LogP contribution in [0.25, 0.3) is 0 Å². The lowest BCUT2D eigenvalue weighted by Gasteiger charge is -2.10. The van der Waals surface area contributed by atoms with E-state index in [4.69, 9.17) is 5.73 Å². The van der Waals surface area contributed by atoms with Crippen LogP contribution < -0.4 is 5.73 Å². The van der Waals surface area contributed by atoms with Gasteiger partial charge in [-0.15, -0.1) is 0 Å². The maximum atomic E-state index is 5.78. The fourth-order valence-electron chi connectivity index (χ4n) is 0.646. The van der Waals surface area contributed by atoms with Gasteiger partial charge in [-0.1, -0.05) is 29.6 Å². The molecule has 0 bridgehead atoms. The van der Waals surface area contributed by atoms with E-state index in [0.29, 0.717) is 12.7 Å². The second-order valence-electron chi connectivity index (χ2n) is 2.74. The minimum atomic E-state index is 0.391. The molecule has 0 heterocycles. The van der Waals surface area contributed by atoms with Crippen LogP contribution in [0.3, 0.4) is 0 Å². The molecule has 0 aromatic rings. The Kier molecular flexibility index (Phi) is 5.60. The molecule has 3 heteroatoms. The fourth-order valence-corrected chi connectivity index (χ4v) is 0.970. The summed E-state index contributed by atoms with van der Waals surface area (Å²) in [5.41, 5.74) is 5.78. The average molecular weight is 192 g/mol. The van der Waals surface area contributed by atoms with Gasteiger partial charge in [0.25, 0.3) is 0 Å². The Morgan fingerprint density at radius 1 is 1.56 bits per heavy atom. The summed E-state index contributed by atoms with van der Waals surface area (Å²) in [5, 5.41) is 1.08. The van der Waals surface area contributed by atoms with E-state index in [-0.39, 0.29) is 0 Å². The molecule has 1 unspecified atom stereocenters. The Morgan fingerprint density at radius 3 is 2.44 bits per heavy atom. The van der Waals surface area contributed by atoms with E-state index >= 15 is 0 Å². The molecule has 0 saturated carbocycles. The number of alkyl halides is 1. The molecule has 0 aliphatic heterocycles. The smallest absolute Gasteiger partial charge is 0.153 e. The second kappa shape index (κ2) is 5.30. The Hall–Kier alpha value is 0.505. The summed E-state index contributed by atoms with van der Waals surface area (Å²) in [7, 11) is 0. The van der Waals surface area contributed by atoms with Gasteiger partial charge in [-0.2, -0.15) is 0 Å². The van der Waals surface area contributed by atoms with Crippen LogP contribution in [0, 0.1) is 0 Å². The van der Waals surface area contributed by atoms with Crippen LogP contribution in [0.15, 0.2) is 0 Å². The van der Waals surface area contributed by atoms with Crippen LogP contribution >= 0.6 is 15.9 Å². The van der Waals surface area contributed by atoms with Crippen molar-refractivity contribution in [3.05, 3.63) is 0 Å². The van der Waals surface area contributed by atoms with Gasteiger partial charge in [-0.05, 0) is 18.8 Å². The Bertz CT molecular complexity index is 68.1. The molecule has 0 saturated heterocycles. The van der Waals surface area contributed by atoms with Crippen molar-refractivity contribution in [2.45, 2.75) is 32.4 Å². The van der Waals surface area contributed by atoms with E-state index in [2.05, 4.69) is 29.6 Å². The summed E-state index contributed by atoms with van der Waals surface area (Å²) in [6, 6.07) is 0. The van der Waals surface area contributed by atoms with Gasteiger partial charge >= 0.3 is 0 Å². The predicted molar refractivity (Wildman–Crippen MR) is 48.5 cm³/mol. The molecule has 1 nitrogen and oxygen atoms in total. The molecule has 2 N–H and O–H groups in total. The van der Waals surface area contributed by atoms with Crippen molar-refractivity contribution in [2.24, 2.45) is 5.73 Å². The van der Waals surface area contributed by atoms with Gasteiger partial charge in [0.1, 0.15) is 0 Å². The van der Waals surface area contributed by atoms with Crippen LogP contribution in [-0.4, -0.2) is 18.0 Å². The van der Waals surface area contributed by atoms with E-state index in [1.54, 1.807) is 0 Å². The van der Waals surface area contributed by atoms with Gasteiger partial charge in [0.2, 0.25) is 0 Å². The van der Waals surface area contributed by atoms with Gasteiger partial charge < -0.3 is 5.73 Å². The minimum Gasteiger partial charge on any atom is -0.335 e. The molecular formula is C6H15BBrN. The van der Waals surface area contributed by atoms with Crippen molar-refractivity contribution in [1.82, 2.24) is 0 Å². The number of halogens is 1. The third-order valence-corrected chi connectivity index (χ3v) is 2.09. The molecule has 0 fully saturated rings. The number of rotatable bonds is 4. The Labute approximate surface area is 66.6 Å². The second-order valence-corrected chi connectivity index (χ2v) is 3.53. The van der Waals surface area contributed by atoms with E-state index in [0.717, 1.165) is 11.8 Å². The molecule has 54 valence electrons. The highest BCUT2D eigenvalue weighted by Gasteiger charge is 2.08. The number of hydrogen-bond donors (Lipinski definition) is 1. The Morgan fingerprint density at radius 2 is 2.11 bits per heavy atom. The van der Waals surface area contributed by atoms with Gasteiger partial charge in [-0.3, -0.25) is 0 Å². The first-order valence-corrected chi connectivity index (χ1v) is 4.62. The first-order chi connectivity index (χ1) is 4.18. The van der Waals surface area contributed by atoms with Gasteiger partial charge in [0.15, 0.2) is 6.71 Å². The quantitative estimate of drug-likeness (QED) is 0.533. The lowest BCUT2D eigenvalue weighted by molar-refractivity contribution is 0.750. The average Bonchev–Trinajstić information content (AvgIpc) is 1.82. The zero-order valence-electron chi connectivity index (χ0n) is 6.23. The molecule has 0 radical (unpaired) electrons. The molecule has 9 heavy (non-hydrogen) atoms. The lowest BCUT2D eigenvalue weighted by Crippen LogP contribution is -2.33. The third kappa shape index (κ3) is 4.98. The zero-order valence-corrected chi connectivity index (χ0v) is 7.82. The zero-order chi connectivity index (χ0) is 7.28. The molecule has 0 aromatic carbocycles. The van der Waals surface area contributed by atoms with Crippen molar-refractivity contribution < 1.29 is 0 Å². The first kappa shape index (κ1) is 9.50. The molecule has 1 atom stereocenters. The van der Waals surface area contributed by atoms with Crippen molar-refractivity contribution in [2.75, 3.05) is 5.33 Å². The first-order valence-electron chi connectivity index (χ1n) is 3.50. The van der Waals surface area contributed by atoms with Crippen LogP contribution in [0.4, 0.5) is 0 Å². The Balaban J connectivity index is 3.16. The SMILES string of the molecule is CB(C)C(N)CCCBr. The highest BCUT2D eigenvalue weighted by molar-refractivity contribution is 9.09. The summed E-state index contributed by atoms with van der Waals surface area (Å²) >= 11 is 3.37. The van der Waals surface area contributed by atoms with Crippen molar-refractivity contribution in [3.63, 3.8) is 0 Å². The topological polar surface area (TPSA) is 26.0 Å². The summed E-state index contributed by atoms with van der Waals surface area (Å²) in [4.78, 5) is 0. The molecule has 0 rings (SSSR count). The van der Waals surface area contributed by atoms with Gasteiger partial charge in [0, 0.05) is 5.33 Å². The van der Waals surface area contributed by atoms with Crippen molar-refractivity contribution in [3.8, 4) is 0 Å². The van der Waals surface area contributed by atoms with E-state index in [1.807, 2.05) is 0 Å². The molecule has 0 spiro atoms. The van der Waals surface area contributed by atoms with Crippen molar-refractivity contribution >= 4 is 22.6 Å². The van der Waals surface area contributed by atoms with Crippen molar-refractivity contribution in [1.29, 1.82) is 0 Å². The third-order valence-electron chi connectivity index (χ3n) is 1.53. The largest absolute Gasteiger partial charge is 0.335 e. The van der Waals surface area contributed by atoms with Crippen LogP contribution in [0.5, 0.6) is 0 Å².